The first-order valence-corrected chi connectivity index (χ1v) is 10.2. The second kappa shape index (κ2) is 6.70. The maximum atomic E-state index is 12.5. The van der Waals surface area contributed by atoms with E-state index in [1.165, 1.54) is 22.5 Å². The molecule has 1 aliphatic carbocycles. The third-order valence-corrected chi connectivity index (χ3v) is 6.74. The van der Waals surface area contributed by atoms with Crippen LogP contribution in [0.1, 0.15) is 23.2 Å². The molecule has 0 atom stereocenters. The van der Waals surface area contributed by atoms with E-state index in [-0.39, 0.29) is 23.6 Å². The number of nitrogens with zero attached hydrogens (tertiary/aromatic N) is 1. The SMILES string of the molecule is CN(C1CC1)S(=O)(=O)c1ccc(NC(=O)c2cc(Cl)c3c(c2)OCO3)cc1. The molecular weight excluding hydrogens is 392 g/mol. The molecular formula is C18H17ClN2O5S. The van der Waals surface area contributed by atoms with Gasteiger partial charge in [0.2, 0.25) is 16.8 Å². The maximum absolute atomic E-state index is 12.5. The molecule has 0 aromatic heterocycles. The van der Waals surface area contributed by atoms with Gasteiger partial charge in [-0.15, -0.1) is 0 Å². The Balaban J connectivity index is 1.50. The first-order chi connectivity index (χ1) is 12.9. The summed E-state index contributed by atoms with van der Waals surface area (Å²) in [6.07, 6.45) is 1.78. The number of sulfonamides is 1. The molecule has 1 amide bonds. The summed E-state index contributed by atoms with van der Waals surface area (Å²) in [7, 11) is -1.92. The van der Waals surface area contributed by atoms with Crippen molar-refractivity contribution in [3.05, 3.63) is 47.0 Å². The number of halogens is 1. The lowest BCUT2D eigenvalue weighted by molar-refractivity contribution is 0.102. The summed E-state index contributed by atoms with van der Waals surface area (Å²) in [4.78, 5) is 12.7. The van der Waals surface area contributed by atoms with Crippen molar-refractivity contribution in [2.45, 2.75) is 23.8 Å². The van der Waals surface area contributed by atoms with Crippen LogP contribution in [0.5, 0.6) is 11.5 Å². The molecule has 9 heteroatoms. The summed E-state index contributed by atoms with van der Waals surface area (Å²) in [6, 6.07) is 9.21. The summed E-state index contributed by atoms with van der Waals surface area (Å²) in [5, 5.41) is 3.01. The van der Waals surface area contributed by atoms with Gasteiger partial charge in [0.1, 0.15) is 0 Å². The summed E-state index contributed by atoms with van der Waals surface area (Å²) in [5.74, 6) is 0.445. The molecule has 0 spiro atoms. The van der Waals surface area contributed by atoms with Gasteiger partial charge in [0.25, 0.3) is 5.91 Å². The van der Waals surface area contributed by atoms with Gasteiger partial charge in [0.15, 0.2) is 11.5 Å². The third-order valence-electron chi connectivity index (χ3n) is 4.54. The Hall–Kier alpha value is -2.29. The van der Waals surface area contributed by atoms with Crippen LogP contribution in [0.25, 0.3) is 0 Å². The molecule has 0 saturated heterocycles. The summed E-state index contributed by atoms with van der Waals surface area (Å²) >= 11 is 6.10. The smallest absolute Gasteiger partial charge is 0.255 e. The second-order valence-electron chi connectivity index (χ2n) is 6.42. The predicted octanol–water partition coefficient (Wildman–Crippen LogP) is 3.10. The van der Waals surface area contributed by atoms with Gasteiger partial charge in [-0.25, -0.2) is 8.42 Å². The zero-order valence-electron chi connectivity index (χ0n) is 14.4. The van der Waals surface area contributed by atoms with E-state index in [4.69, 9.17) is 21.1 Å². The molecule has 2 aromatic rings. The van der Waals surface area contributed by atoms with Crippen molar-refractivity contribution in [2.75, 3.05) is 19.2 Å². The number of benzene rings is 2. The highest BCUT2D eigenvalue weighted by Gasteiger charge is 2.34. The van der Waals surface area contributed by atoms with Crippen molar-refractivity contribution < 1.29 is 22.7 Å². The largest absolute Gasteiger partial charge is 0.454 e. The van der Waals surface area contributed by atoms with Crippen LogP contribution in [0.15, 0.2) is 41.3 Å². The van der Waals surface area contributed by atoms with Crippen molar-refractivity contribution in [1.82, 2.24) is 4.31 Å². The number of amides is 1. The standard InChI is InChI=1S/C18H17ClN2O5S/c1-21(13-4-5-13)27(23,24)14-6-2-12(3-7-14)20-18(22)11-8-15(19)17-16(9-11)25-10-26-17/h2-3,6-9,13H,4-5,10H2,1H3,(H,20,22). The lowest BCUT2D eigenvalue weighted by atomic mass is 10.2. The second-order valence-corrected chi connectivity index (χ2v) is 8.83. The van der Waals surface area contributed by atoms with Gasteiger partial charge in [-0.05, 0) is 49.2 Å². The molecule has 2 aromatic carbocycles. The molecule has 27 heavy (non-hydrogen) atoms. The van der Waals surface area contributed by atoms with Crippen LogP contribution in [0, 0.1) is 0 Å². The fourth-order valence-electron chi connectivity index (χ4n) is 2.81. The summed E-state index contributed by atoms with van der Waals surface area (Å²) in [5.41, 5.74) is 0.788. The van der Waals surface area contributed by atoms with Crippen molar-refractivity contribution in [1.29, 1.82) is 0 Å². The summed E-state index contributed by atoms with van der Waals surface area (Å²) in [6.45, 7) is 0.0609. The number of rotatable bonds is 5. The Morgan fingerprint density at radius 1 is 1.19 bits per heavy atom. The number of ether oxygens (including phenoxy) is 2. The predicted molar refractivity (Wildman–Crippen MR) is 99.9 cm³/mol. The number of fused-ring (bicyclic) bond motifs is 1. The molecule has 7 nitrogen and oxygen atoms in total. The van der Waals surface area contributed by atoms with Gasteiger partial charge in [0.05, 0.1) is 9.92 Å². The number of nitrogens with one attached hydrogen (secondary N) is 1. The number of carbonyl (C=O) groups excluding carboxylic acids is 1. The minimum Gasteiger partial charge on any atom is -0.454 e. The monoisotopic (exact) mass is 408 g/mol. The molecule has 1 N–H and O–H groups in total. The maximum Gasteiger partial charge on any atom is 0.255 e. The molecule has 4 rings (SSSR count). The van der Waals surface area contributed by atoms with Crippen molar-refractivity contribution in [2.24, 2.45) is 0 Å². The van der Waals surface area contributed by atoms with Gasteiger partial charge in [0, 0.05) is 24.3 Å². The topological polar surface area (TPSA) is 84.9 Å². The quantitative estimate of drug-likeness (QED) is 0.821. The van der Waals surface area contributed by atoms with E-state index in [0.29, 0.717) is 27.8 Å². The lowest BCUT2D eigenvalue weighted by Crippen LogP contribution is -2.28. The first kappa shape index (κ1) is 18.1. The van der Waals surface area contributed by atoms with Crippen molar-refractivity contribution >= 4 is 33.2 Å². The normalized spacial score (nSPS) is 15.8. The molecule has 142 valence electrons. The first-order valence-electron chi connectivity index (χ1n) is 8.35. The van der Waals surface area contributed by atoms with E-state index in [1.54, 1.807) is 25.2 Å². The highest BCUT2D eigenvalue weighted by molar-refractivity contribution is 7.89. The molecule has 1 aliphatic heterocycles. The molecule has 1 heterocycles. The average molecular weight is 409 g/mol. The van der Waals surface area contributed by atoms with Crippen LogP contribution in [-0.2, 0) is 10.0 Å². The number of hydrogen-bond acceptors (Lipinski definition) is 5. The molecule has 0 bridgehead atoms. The zero-order chi connectivity index (χ0) is 19.2. The Morgan fingerprint density at radius 3 is 2.56 bits per heavy atom. The Morgan fingerprint density at radius 2 is 1.89 bits per heavy atom. The Kier molecular flexibility index (Phi) is 4.49. The van der Waals surface area contributed by atoms with Crippen LogP contribution in [0.3, 0.4) is 0 Å². The number of anilines is 1. The van der Waals surface area contributed by atoms with Crippen molar-refractivity contribution in [3.63, 3.8) is 0 Å². The molecule has 0 radical (unpaired) electrons. The van der Waals surface area contributed by atoms with Crippen LogP contribution in [0.4, 0.5) is 5.69 Å². The van der Waals surface area contributed by atoms with Crippen molar-refractivity contribution in [3.8, 4) is 11.5 Å². The fraction of sp³-hybridized carbons (Fsp3) is 0.278. The summed E-state index contributed by atoms with van der Waals surface area (Å²) < 4.78 is 36.9. The van der Waals surface area contributed by atoms with Crippen LogP contribution in [0.2, 0.25) is 5.02 Å². The van der Waals surface area contributed by atoms with E-state index >= 15 is 0 Å². The van der Waals surface area contributed by atoms with Crippen LogP contribution < -0.4 is 14.8 Å². The van der Waals surface area contributed by atoms with E-state index in [0.717, 1.165) is 12.8 Å². The fourth-order valence-corrected chi connectivity index (χ4v) is 4.49. The zero-order valence-corrected chi connectivity index (χ0v) is 16.0. The highest BCUT2D eigenvalue weighted by Crippen LogP contribution is 2.40. The van der Waals surface area contributed by atoms with Crippen LogP contribution in [-0.4, -0.2) is 38.5 Å². The van der Waals surface area contributed by atoms with E-state index in [2.05, 4.69) is 5.32 Å². The van der Waals surface area contributed by atoms with E-state index in [1.807, 2.05) is 0 Å². The van der Waals surface area contributed by atoms with Gasteiger partial charge in [-0.1, -0.05) is 11.6 Å². The minimum atomic E-state index is -3.51. The molecule has 1 fully saturated rings. The molecule has 2 aliphatic rings. The molecule has 1 saturated carbocycles. The van der Waals surface area contributed by atoms with Gasteiger partial charge in [-0.2, -0.15) is 4.31 Å². The third kappa shape index (κ3) is 3.47. The van der Waals surface area contributed by atoms with Gasteiger partial charge < -0.3 is 14.8 Å². The minimum absolute atomic E-state index is 0.0609. The van der Waals surface area contributed by atoms with Gasteiger partial charge in [-0.3, -0.25) is 4.79 Å². The van der Waals surface area contributed by atoms with E-state index < -0.39 is 10.0 Å². The van der Waals surface area contributed by atoms with E-state index in [9.17, 15) is 13.2 Å². The van der Waals surface area contributed by atoms with Gasteiger partial charge >= 0.3 is 0 Å². The Labute approximate surface area is 161 Å². The highest BCUT2D eigenvalue weighted by atomic mass is 35.5. The average Bonchev–Trinajstić information content (AvgIpc) is 3.38. The Bertz CT molecular complexity index is 1000. The van der Waals surface area contributed by atoms with Crippen LogP contribution >= 0.6 is 11.6 Å². The number of carbonyl (C=O) groups is 1. The number of hydrogen-bond donors (Lipinski definition) is 1. The molecule has 0 unspecified atom stereocenters. The lowest BCUT2D eigenvalue weighted by Gasteiger charge is -2.16.